The van der Waals surface area contributed by atoms with Gasteiger partial charge in [-0.1, -0.05) is 36.4 Å². The van der Waals surface area contributed by atoms with Gasteiger partial charge in [-0.3, -0.25) is 4.79 Å². The first-order valence-corrected chi connectivity index (χ1v) is 12.5. The van der Waals surface area contributed by atoms with Gasteiger partial charge in [-0.25, -0.2) is 4.99 Å². The lowest BCUT2D eigenvalue weighted by Gasteiger charge is -2.21. The Morgan fingerprint density at radius 1 is 1.05 bits per heavy atom. The maximum Gasteiger partial charge on any atom is 0.430 e. The van der Waals surface area contributed by atoms with E-state index in [4.69, 9.17) is 11.5 Å². The molecule has 1 amide bonds. The molecule has 0 radical (unpaired) electrons. The van der Waals surface area contributed by atoms with Gasteiger partial charge in [-0.05, 0) is 84.5 Å². The Kier molecular flexibility index (Phi) is 8.68. The molecule has 3 aromatic carbocycles. The number of carbonyl (C=O) groups is 1. The van der Waals surface area contributed by atoms with E-state index in [1.807, 2.05) is 12.1 Å². The number of halogens is 3. The van der Waals surface area contributed by atoms with Gasteiger partial charge < -0.3 is 27.2 Å². The molecule has 1 unspecified atom stereocenters. The van der Waals surface area contributed by atoms with Crippen LogP contribution in [0.25, 0.3) is 0 Å². The van der Waals surface area contributed by atoms with Crippen LogP contribution in [0.4, 0.5) is 24.5 Å². The lowest BCUT2D eigenvalue weighted by atomic mass is 9.97. The monoisotopic (exact) mass is 537 g/mol. The van der Waals surface area contributed by atoms with Crippen LogP contribution in [0.2, 0.25) is 0 Å². The number of amides is 1. The highest BCUT2D eigenvalue weighted by Gasteiger charge is 2.32. The highest BCUT2D eigenvalue weighted by Crippen LogP contribution is 2.31. The molecular weight excluding hydrogens is 507 g/mol. The molecule has 204 valence electrons. The number of nitrogens with two attached hydrogens (primary N) is 2. The number of hydrogen-bond acceptors (Lipinski definition) is 6. The molecule has 0 aromatic heterocycles. The molecule has 1 atom stereocenters. The predicted molar refractivity (Wildman–Crippen MR) is 146 cm³/mol. The van der Waals surface area contributed by atoms with Crippen molar-refractivity contribution in [2.45, 2.75) is 31.6 Å². The molecule has 0 saturated heterocycles. The molecule has 4 rings (SSSR count). The lowest BCUT2D eigenvalue weighted by molar-refractivity contribution is -0.110. The van der Waals surface area contributed by atoms with Crippen LogP contribution < -0.4 is 22.1 Å². The summed E-state index contributed by atoms with van der Waals surface area (Å²) in [5.74, 6) is -0.142. The molecule has 1 aliphatic carbocycles. The third-order valence-electron chi connectivity index (χ3n) is 6.24. The Labute approximate surface area is 224 Å². The van der Waals surface area contributed by atoms with E-state index >= 15 is 0 Å². The number of alkyl halides is 3. The minimum absolute atomic E-state index is 0.128. The van der Waals surface area contributed by atoms with Crippen molar-refractivity contribution in [3.8, 4) is 5.75 Å². The van der Waals surface area contributed by atoms with E-state index in [0.717, 1.165) is 30.5 Å². The Balaban J connectivity index is 1.64. The number of aliphatic imine (C=N–C) groups is 1. The second-order valence-electron chi connectivity index (χ2n) is 9.43. The van der Waals surface area contributed by atoms with Gasteiger partial charge in [0.15, 0.2) is 0 Å². The van der Waals surface area contributed by atoms with E-state index in [2.05, 4.69) is 15.6 Å². The SMILES string of the molecule is NCc1cccc(N=C(/C=C(\N)C(F)(F)F)C(=O)Nc2cccc(C(NCC3CC3)c3cccc(O)c3)c2)c1. The smallest absolute Gasteiger partial charge is 0.430 e. The summed E-state index contributed by atoms with van der Waals surface area (Å²) in [5, 5.41) is 16.2. The first-order valence-electron chi connectivity index (χ1n) is 12.5. The minimum atomic E-state index is -4.83. The van der Waals surface area contributed by atoms with E-state index in [1.165, 1.54) is 0 Å². The second-order valence-corrected chi connectivity index (χ2v) is 9.43. The van der Waals surface area contributed by atoms with Crippen LogP contribution in [0.3, 0.4) is 0 Å². The standard InChI is InChI=1S/C29H30F3N5O2/c30-29(31,32)26(34)15-25(36-22-7-1-4-19(12-22)16-33)28(39)37-23-8-2-5-20(13-23)27(35-17-18-10-11-18)21-6-3-9-24(38)14-21/h1-9,12-15,18,27,35,38H,10-11,16-17,33-34H2,(H,37,39)/b26-15-,36-25?. The topological polar surface area (TPSA) is 126 Å². The molecule has 0 aliphatic heterocycles. The Bertz CT molecular complexity index is 1380. The molecule has 0 spiro atoms. The zero-order valence-electron chi connectivity index (χ0n) is 21.1. The molecule has 7 nitrogen and oxygen atoms in total. The first kappa shape index (κ1) is 27.9. The maximum absolute atomic E-state index is 13.2. The number of phenols is 1. The van der Waals surface area contributed by atoms with E-state index in [9.17, 15) is 23.1 Å². The Morgan fingerprint density at radius 2 is 1.74 bits per heavy atom. The molecule has 39 heavy (non-hydrogen) atoms. The summed E-state index contributed by atoms with van der Waals surface area (Å²) >= 11 is 0. The summed E-state index contributed by atoms with van der Waals surface area (Å²) in [4.78, 5) is 17.3. The average molecular weight is 538 g/mol. The number of allylic oxidation sites excluding steroid dienone is 1. The van der Waals surface area contributed by atoms with Crippen LogP contribution >= 0.6 is 0 Å². The third kappa shape index (κ3) is 7.92. The molecule has 7 N–H and O–H groups in total. The van der Waals surface area contributed by atoms with Crippen LogP contribution in [0.5, 0.6) is 5.75 Å². The zero-order valence-corrected chi connectivity index (χ0v) is 21.1. The van der Waals surface area contributed by atoms with Crippen molar-refractivity contribution in [3.05, 3.63) is 101 Å². The fraction of sp³-hybridized carbons (Fsp3) is 0.241. The molecule has 0 bridgehead atoms. The molecular formula is C29H30F3N5O2. The summed E-state index contributed by atoms with van der Waals surface area (Å²) in [6.07, 6.45) is -2.01. The Hall–Kier alpha value is -4.15. The fourth-order valence-electron chi connectivity index (χ4n) is 4.00. The number of benzene rings is 3. The lowest BCUT2D eigenvalue weighted by Crippen LogP contribution is -2.27. The van der Waals surface area contributed by atoms with Gasteiger partial charge in [0.05, 0.1) is 11.7 Å². The van der Waals surface area contributed by atoms with Crippen LogP contribution in [-0.2, 0) is 11.3 Å². The number of rotatable bonds is 10. The number of hydrogen-bond donors (Lipinski definition) is 5. The third-order valence-corrected chi connectivity index (χ3v) is 6.24. The van der Waals surface area contributed by atoms with Crippen molar-refractivity contribution in [1.82, 2.24) is 5.32 Å². The quantitative estimate of drug-likeness (QED) is 0.231. The number of nitrogens with zero attached hydrogens (tertiary/aromatic N) is 1. The number of anilines is 1. The van der Waals surface area contributed by atoms with Crippen molar-refractivity contribution in [2.24, 2.45) is 22.4 Å². The van der Waals surface area contributed by atoms with Gasteiger partial charge in [0.25, 0.3) is 5.91 Å². The normalized spacial score (nSPS) is 15.2. The number of carbonyl (C=O) groups excluding carboxylic acids is 1. The maximum atomic E-state index is 13.2. The first-order chi connectivity index (χ1) is 18.6. The van der Waals surface area contributed by atoms with Gasteiger partial charge in [-0.2, -0.15) is 13.2 Å². The van der Waals surface area contributed by atoms with Crippen LogP contribution in [0.1, 0.15) is 35.6 Å². The van der Waals surface area contributed by atoms with Gasteiger partial charge >= 0.3 is 6.18 Å². The van der Waals surface area contributed by atoms with E-state index in [-0.39, 0.29) is 24.0 Å². The van der Waals surface area contributed by atoms with Crippen molar-refractivity contribution in [3.63, 3.8) is 0 Å². The van der Waals surface area contributed by atoms with Crippen molar-refractivity contribution < 1.29 is 23.1 Å². The summed E-state index contributed by atoms with van der Waals surface area (Å²) in [6.45, 7) is 0.991. The van der Waals surface area contributed by atoms with Gasteiger partial charge in [-0.15, -0.1) is 0 Å². The molecule has 1 saturated carbocycles. The van der Waals surface area contributed by atoms with E-state index < -0.39 is 23.5 Å². The second kappa shape index (κ2) is 12.1. The van der Waals surface area contributed by atoms with Crippen molar-refractivity contribution in [2.75, 3.05) is 11.9 Å². The zero-order chi connectivity index (χ0) is 28.0. The molecule has 10 heteroatoms. The fourth-order valence-corrected chi connectivity index (χ4v) is 4.00. The van der Waals surface area contributed by atoms with E-state index in [1.54, 1.807) is 60.7 Å². The molecule has 3 aromatic rings. The molecule has 1 aliphatic rings. The average Bonchev–Trinajstić information content (AvgIpc) is 3.73. The number of aromatic hydroxyl groups is 1. The van der Waals surface area contributed by atoms with Crippen molar-refractivity contribution >= 4 is 23.0 Å². The largest absolute Gasteiger partial charge is 0.508 e. The summed E-state index contributed by atoms with van der Waals surface area (Å²) in [5.41, 5.74) is 11.9. The van der Waals surface area contributed by atoms with Crippen LogP contribution in [0, 0.1) is 5.92 Å². The molecule has 1 fully saturated rings. The predicted octanol–water partition coefficient (Wildman–Crippen LogP) is 5.06. The number of nitrogens with one attached hydrogen (secondary N) is 2. The van der Waals surface area contributed by atoms with Crippen LogP contribution in [0.15, 0.2) is 89.6 Å². The Morgan fingerprint density at radius 3 is 2.41 bits per heavy atom. The minimum Gasteiger partial charge on any atom is -0.508 e. The van der Waals surface area contributed by atoms with E-state index in [0.29, 0.717) is 23.2 Å². The van der Waals surface area contributed by atoms with Crippen molar-refractivity contribution in [1.29, 1.82) is 0 Å². The molecule has 0 heterocycles. The van der Waals surface area contributed by atoms with Gasteiger partial charge in [0.1, 0.15) is 17.2 Å². The van der Waals surface area contributed by atoms with Gasteiger partial charge in [0, 0.05) is 12.2 Å². The highest BCUT2D eigenvalue weighted by molar-refractivity contribution is 6.47. The van der Waals surface area contributed by atoms with Crippen LogP contribution in [-0.4, -0.2) is 29.4 Å². The number of phenolic OH excluding ortho intramolecular Hbond substituents is 1. The summed E-state index contributed by atoms with van der Waals surface area (Å²) in [6, 6.07) is 20.1. The highest BCUT2D eigenvalue weighted by atomic mass is 19.4. The summed E-state index contributed by atoms with van der Waals surface area (Å²) < 4.78 is 39.6. The van der Waals surface area contributed by atoms with Gasteiger partial charge in [0.2, 0.25) is 0 Å². The summed E-state index contributed by atoms with van der Waals surface area (Å²) in [7, 11) is 0.